The molecule has 1 saturated heterocycles. The second-order valence-electron chi connectivity index (χ2n) is 7.03. The van der Waals surface area contributed by atoms with Crippen molar-refractivity contribution in [2.24, 2.45) is 5.92 Å². The fourth-order valence-corrected chi connectivity index (χ4v) is 4.35. The Labute approximate surface area is 162 Å². The van der Waals surface area contributed by atoms with Crippen molar-refractivity contribution in [3.63, 3.8) is 0 Å². The van der Waals surface area contributed by atoms with Gasteiger partial charge in [-0.1, -0.05) is 46.8 Å². The summed E-state index contributed by atoms with van der Waals surface area (Å²) in [6.07, 6.45) is 7.29. The van der Waals surface area contributed by atoms with Crippen LogP contribution in [0.4, 0.5) is 0 Å². The van der Waals surface area contributed by atoms with Crippen LogP contribution in [-0.4, -0.2) is 35.8 Å². The Morgan fingerprint density at radius 3 is 2.44 bits per heavy atom. The molecule has 0 bridgehead atoms. The van der Waals surface area contributed by atoms with Crippen molar-refractivity contribution >= 4 is 39.3 Å². The Morgan fingerprint density at radius 1 is 1.08 bits per heavy atom. The van der Waals surface area contributed by atoms with Crippen LogP contribution in [0.15, 0.2) is 22.7 Å². The highest BCUT2D eigenvalue weighted by atomic mass is 79.9. The SMILES string of the molecule is O=C(NC1CCN(C(=O)C2CCCCC2)CC1)c1cc(Br)ccc1Cl. The van der Waals surface area contributed by atoms with Crippen LogP contribution in [0.3, 0.4) is 0 Å². The molecule has 2 fully saturated rings. The molecule has 1 aliphatic carbocycles. The highest BCUT2D eigenvalue weighted by Gasteiger charge is 2.29. The number of hydrogen-bond donors (Lipinski definition) is 1. The fraction of sp³-hybridized carbons (Fsp3) is 0.579. The molecule has 0 aromatic heterocycles. The third kappa shape index (κ3) is 4.76. The Hall–Kier alpha value is -1.07. The number of carbonyl (C=O) groups is 2. The zero-order valence-electron chi connectivity index (χ0n) is 14.3. The van der Waals surface area contributed by atoms with Crippen LogP contribution < -0.4 is 5.32 Å². The molecular formula is C19H24BrClN2O2. The number of amides is 2. The summed E-state index contributed by atoms with van der Waals surface area (Å²) in [7, 11) is 0. The van der Waals surface area contributed by atoms with Crippen LogP contribution in [0, 0.1) is 5.92 Å². The highest BCUT2D eigenvalue weighted by Crippen LogP contribution is 2.27. The maximum Gasteiger partial charge on any atom is 0.253 e. The van der Waals surface area contributed by atoms with E-state index < -0.39 is 0 Å². The minimum absolute atomic E-state index is 0.0953. The summed E-state index contributed by atoms with van der Waals surface area (Å²) in [4.78, 5) is 27.0. The largest absolute Gasteiger partial charge is 0.349 e. The molecule has 6 heteroatoms. The molecule has 0 unspecified atom stereocenters. The topological polar surface area (TPSA) is 49.4 Å². The lowest BCUT2D eigenvalue weighted by molar-refractivity contribution is -0.137. The molecular weight excluding hydrogens is 404 g/mol. The Kier molecular flexibility index (Phi) is 6.39. The molecule has 1 aromatic carbocycles. The van der Waals surface area contributed by atoms with Crippen molar-refractivity contribution in [2.45, 2.75) is 51.0 Å². The van der Waals surface area contributed by atoms with E-state index in [2.05, 4.69) is 21.2 Å². The molecule has 25 heavy (non-hydrogen) atoms. The van der Waals surface area contributed by atoms with E-state index in [1.165, 1.54) is 19.3 Å². The molecule has 1 heterocycles. The fourth-order valence-electron chi connectivity index (χ4n) is 3.79. The van der Waals surface area contributed by atoms with Crippen LogP contribution in [0.25, 0.3) is 0 Å². The standard InChI is InChI=1S/C19H24BrClN2O2/c20-14-6-7-17(21)16(12-14)18(24)22-15-8-10-23(11-9-15)19(25)13-4-2-1-3-5-13/h6-7,12-13,15H,1-5,8-11H2,(H,22,24). The Morgan fingerprint density at radius 2 is 1.76 bits per heavy atom. The van der Waals surface area contributed by atoms with Gasteiger partial charge in [0.15, 0.2) is 0 Å². The van der Waals surface area contributed by atoms with Gasteiger partial charge in [-0.2, -0.15) is 0 Å². The van der Waals surface area contributed by atoms with Gasteiger partial charge in [0.25, 0.3) is 5.91 Å². The van der Waals surface area contributed by atoms with Gasteiger partial charge in [0, 0.05) is 29.5 Å². The van der Waals surface area contributed by atoms with Crippen LogP contribution in [-0.2, 0) is 4.79 Å². The number of benzene rings is 1. The van der Waals surface area contributed by atoms with Gasteiger partial charge < -0.3 is 10.2 Å². The molecule has 1 aliphatic heterocycles. The van der Waals surface area contributed by atoms with Crippen molar-refractivity contribution in [1.29, 1.82) is 0 Å². The molecule has 0 atom stereocenters. The second-order valence-corrected chi connectivity index (χ2v) is 8.35. The maximum atomic E-state index is 12.6. The van der Waals surface area contributed by atoms with Gasteiger partial charge in [0.1, 0.15) is 0 Å². The zero-order chi connectivity index (χ0) is 17.8. The first kappa shape index (κ1) is 18.7. The molecule has 3 rings (SSSR count). The molecule has 1 saturated carbocycles. The van der Waals surface area contributed by atoms with Crippen molar-refractivity contribution in [2.75, 3.05) is 13.1 Å². The monoisotopic (exact) mass is 426 g/mol. The van der Waals surface area contributed by atoms with Gasteiger partial charge in [0.05, 0.1) is 10.6 Å². The number of piperidine rings is 1. The summed E-state index contributed by atoms with van der Waals surface area (Å²) in [6, 6.07) is 5.36. The van der Waals surface area contributed by atoms with E-state index >= 15 is 0 Å². The number of nitrogens with zero attached hydrogens (tertiary/aromatic N) is 1. The summed E-state index contributed by atoms with van der Waals surface area (Å²) in [5.41, 5.74) is 0.483. The molecule has 136 valence electrons. The minimum atomic E-state index is -0.150. The lowest BCUT2D eigenvalue weighted by Gasteiger charge is -2.35. The van der Waals surface area contributed by atoms with Crippen molar-refractivity contribution in [3.8, 4) is 0 Å². The third-order valence-corrected chi connectivity index (χ3v) is 6.09. The number of halogens is 2. The normalized spacial score (nSPS) is 19.7. The molecule has 0 spiro atoms. The smallest absolute Gasteiger partial charge is 0.253 e. The summed E-state index contributed by atoms with van der Waals surface area (Å²) in [5, 5.41) is 3.51. The molecule has 4 nitrogen and oxygen atoms in total. The number of nitrogens with one attached hydrogen (secondary N) is 1. The summed E-state index contributed by atoms with van der Waals surface area (Å²) in [6.45, 7) is 1.46. The molecule has 0 radical (unpaired) electrons. The van der Waals surface area contributed by atoms with E-state index in [1.54, 1.807) is 12.1 Å². The van der Waals surface area contributed by atoms with Crippen LogP contribution in [0.5, 0.6) is 0 Å². The Balaban J connectivity index is 1.51. The van der Waals surface area contributed by atoms with Crippen LogP contribution >= 0.6 is 27.5 Å². The van der Waals surface area contributed by atoms with Crippen LogP contribution in [0.1, 0.15) is 55.3 Å². The van der Waals surface area contributed by atoms with E-state index in [0.717, 1.165) is 43.2 Å². The molecule has 2 amide bonds. The van der Waals surface area contributed by atoms with Crippen molar-refractivity contribution < 1.29 is 9.59 Å². The van der Waals surface area contributed by atoms with E-state index in [4.69, 9.17) is 11.6 Å². The highest BCUT2D eigenvalue weighted by molar-refractivity contribution is 9.10. The predicted octanol–water partition coefficient (Wildman–Crippen LogP) is 4.40. The van der Waals surface area contributed by atoms with Gasteiger partial charge in [0.2, 0.25) is 5.91 Å². The Bertz CT molecular complexity index is 638. The summed E-state index contributed by atoms with van der Waals surface area (Å²) >= 11 is 9.49. The third-order valence-electron chi connectivity index (χ3n) is 5.27. The average Bonchev–Trinajstić information content (AvgIpc) is 2.64. The minimum Gasteiger partial charge on any atom is -0.349 e. The van der Waals surface area contributed by atoms with Gasteiger partial charge in [-0.25, -0.2) is 0 Å². The number of likely N-dealkylation sites (tertiary alicyclic amines) is 1. The lowest BCUT2D eigenvalue weighted by atomic mass is 9.87. The van der Waals surface area contributed by atoms with Gasteiger partial charge in [-0.05, 0) is 43.9 Å². The van der Waals surface area contributed by atoms with E-state index in [1.807, 2.05) is 11.0 Å². The van der Waals surface area contributed by atoms with Crippen molar-refractivity contribution in [3.05, 3.63) is 33.3 Å². The first-order valence-electron chi connectivity index (χ1n) is 9.09. The van der Waals surface area contributed by atoms with E-state index in [9.17, 15) is 9.59 Å². The zero-order valence-corrected chi connectivity index (χ0v) is 16.6. The summed E-state index contributed by atoms with van der Waals surface area (Å²) < 4.78 is 0.829. The second kappa shape index (κ2) is 8.54. The number of rotatable bonds is 3. The van der Waals surface area contributed by atoms with Gasteiger partial charge in [-0.3, -0.25) is 9.59 Å². The summed E-state index contributed by atoms with van der Waals surface area (Å²) in [5.74, 6) is 0.392. The quantitative estimate of drug-likeness (QED) is 0.777. The first-order valence-corrected chi connectivity index (χ1v) is 10.3. The van der Waals surface area contributed by atoms with E-state index in [0.29, 0.717) is 16.5 Å². The first-order chi connectivity index (χ1) is 12.0. The molecule has 1 N–H and O–H groups in total. The van der Waals surface area contributed by atoms with Crippen LogP contribution in [0.2, 0.25) is 5.02 Å². The molecule has 1 aromatic rings. The predicted molar refractivity (Wildman–Crippen MR) is 103 cm³/mol. The van der Waals surface area contributed by atoms with Gasteiger partial charge in [-0.15, -0.1) is 0 Å². The lowest BCUT2D eigenvalue weighted by Crippen LogP contribution is -2.48. The number of hydrogen-bond acceptors (Lipinski definition) is 2. The average molecular weight is 428 g/mol. The van der Waals surface area contributed by atoms with Crippen molar-refractivity contribution in [1.82, 2.24) is 10.2 Å². The molecule has 2 aliphatic rings. The van der Waals surface area contributed by atoms with E-state index in [-0.39, 0.29) is 17.9 Å². The number of carbonyl (C=O) groups excluding carboxylic acids is 2. The maximum absolute atomic E-state index is 12.6. The van der Waals surface area contributed by atoms with Gasteiger partial charge >= 0.3 is 0 Å².